The Morgan fingerprint density at radius 2 is 2.30 bits per heavy atom. The molecule has 1 aromatic carbocycles. The molecule has 5 heteroatoms. The SMILES string of the molecule is Cc1ccc(OCc2cccc(C(=O)NC3CCNC3)c2)cn1. The van der Waals surface area contributed by atoms with E-state index in [0.29, 0.717) is 12.2 Å². The van der Waals surface area contributed by atoms with Gasteiger partial charge in [-0.1, -0.05) is 12.1 Å². The first kappa shape index (κ1) is 15.5. The molecule has 23 heavy (non-hydrogen) atoms. The minimum absolute atomic E-state index is 0.0300. The fourth-order valence-electron chi connectivity index (χ4n) is 2.56. The third-order valence-corrected chi connectivity index (χ3v) is 3.87. The highest BCUT2D eigenvalue weighted by Crippen LogP contribution is 2.13. The summed E-state index contributed by atoms with van der Waals surface area (Å²) >= 11 is 0. The van der Waals surface area contributed by atoms with Crippen molar-refractivity contribution in [2.45, 2.75) is 26.0 Å². The van der Waals surface area contributed by atoms with E-state index in [9.17, 15) is 4.79 Å². The number of carbonyl (C=O) groups is 1. The summed E-state index contributed by atoms with van der Waals surface area (Å²) in [4.78, 5) is 16.5. The van der Waals surface area contributed by atoms with Gasteiger partial charge in [-0.3, -0.25) is 9.78 Å². The minimum atomic E-state index is -0.0300. The zero-order valence-electron chi connectivity index (χ0n) is 13.2. The van der Waals surface area contributed by atoms with E-state index in [2.05, 4.69) is 15.6 Å². The Morgan fingerprint density at radius 1 is 1.39 bits per heavy atom. The Morgan fingerprint density at radius 3 is 3.04 bits per heavy atom. The molecule has 0 saturated carbocycles. The van der Waals surface area contributed by atoms with Crippen molar-refractivity contribution >= 4 is 5.91 Å². The van der Waals surface area contributed by atoms with Crippen LogP contribution in [0.2, 0.25) is 0 Å². The Kier molecular flexibility index (Phi) is 4.88. The van der Waals surface area contributed by atoms with Crippen LogP contribution in [0.5, 0.6) is 5.75 Å². The molecule has 1 amide bonds. The topological polar surface area (TPSA) is 63.2 Å². The maximum atomic E-state index is 12.3. The third-order valence-electron chi connectivity index (χ3n) is 3.87. The van der Waals surface area contributed by atoms with Gasteiger partial charge in [0.25, 0.3) is 5.91 Å². The Hall–Kier alpha value is -2.40. The Bertz CT molecular complexity index is 664. The van der Waals surface area contributed by atoms with Gasteiger partial charge in [0, 0.05) is 23.8 Å². The number of hydrogen-bond donors (Lipinski definition) is 2. The van der Waals surface area contributed by atoms with E-state index in [0.717, 1.165) is 36.5 Å². The van der Waals surface area contributed by atoms with Crippen LogP contribution in [0.15, 0.2) is 42.6 Å². The van der Waals surface area contributed by atoms with E-state index in [4.69, 9.17) is 4.74 Å². The van der Waals surface area contributed by atoms with Gasteiger partial charge in [-0.05, 0) is 49.7 Å². The molecule has 3 rings (SSSR count). The minimum Gasteiger partial charge on any atom is -0.487 e. The van der Waals surface area contributed by atoms with Crippen molar-refractivity contribution in [3.05, 3.63) is 59.4 Å². The van der Waals surface area contributed by atoms with Crippen molar-refractivity contribution < 1.29 is 9.53 Å². The summed E-state index contributed by atoms with van der Waals surface area (Å²) in [6, 6.07) is 11.6. The lowest BCUT2D eigenvalue weighted by atomic mass is 10.1. The van der Waals surface area contributed by atoms with Crippen LogP contribution >= 0.6 is 0 Å². The van der Waals surface area contributed by atoms with Gasteiger partial charge in [-0.2, -0.15) is 0 Å². The number of hydrogen-bond acceptors (Lipinski definition) is 4. The molecule has 2 heterocycles. The van der Waals surface area contributed by atoms with Gasteiger partial charge < -0.3 is 15.4 Å². The van der Waals surface area contributed by atoms with Crippen molar-refractivity contribution in [2.75, 3.05) is 13.1 Å². The standard InChI is InChI=1S/C18H21N3O2/c1-13-5-6-17(11-20-13)23-12-14-3-2-4-15(9-14)18(22)21-16-7-8-19-10-16/h2-6,9,11,16,19H,7-8,10,12H2,1H3,(H,21,22). The van der Waals surface area contributed by atoms with Crippen molar-refractivity contribution in [1.29, 1.82) is 0 Å². The van der Waals surface area contributed by atoms with Crippen molar-refractivity contribution in [1.82, 2.24) is 15.6 Å². The molecule has 2 aromatic rings. The molecule has 0 radical (unpaired) electrons. The van der Waals surface area contributed by atoms with Crippen LogP contribution < -0.4 is 15.4 Å². The summed E-state index contributed by atoms with van der Waals surface area (Å²) < 4.78 is 5.71. The predicted molar refractivity (Wildman–Crippen MR) is 88.5 cm³/mol. The number of benzene rings is 1. The number of nitrogens with zero attached hydrogens (tertiary/aromatic N) is 1. The lowest BCUT2D eigenvalue weighted by Crippen LogP contribution is -2.36. The van der Waals surface area contributed by atoms with E-state index in [-0.39, 0.29) is 11.9 Å². The molecular formula is C18H21N3O2. The lowest BCUT2D eigenvalue weighted by molar-refractivity contribution is 0.0940. The summed E-state index contributed by atoms with van der Waals surface area (Å²) in [7, 11) is 0. The van der Waals surface area contributed by atoms with Crippen LogP contribution in [0.1, 0.15) is 28.0 Å². The fourth-order valence-corrected chi connectivity index (χ4v) is 2.56. The molecule has 1 aromatic heterocycles. The van der Waals surface area contributed by atoms with Gasteiger partial charge in [0.2, 0.25) is 0 Å². The Balaban J connectivity index is 1.60. The summed E-state index contributed by atoms with van der Waals surface area (Å²) in [5, 5.41) is 6.29. The fraction of sp³-hybridized carbons (Fsp3) is 0.333. The number of aromatic nitrogens is 1. The van der Waals surface area contributed by atoms with Crippen LogP contribution in [0, 0.1) is 6.92 Å². The van der Waals surface area contributed by atoms with E-state index < -0.39 is 0 Å². The zero-order chi connectivity index (χ0) is 16.1. The van der Waals surface area contributed by atoms with Gasteiger partial charge in [0.1, 0.15) is 12.4 Å². The second-order valence-corrected chi connectivity index (χ2v) is 5.79. The molecule has 1 saturated heterocycles. The second kappa shape index (κ2) is 7.24. The average Bonchev–Trinajstić information content (AvgIpc) is 3.07. The molecule has 0 aliphatic carbocycles. The number of pyridine rings is 1. The molecular weight excluding hydrogens is 290 g/mol. The summed E-state index contributed by atoms with van der Waals surface area (Å²) in [5.41, 5.74) is 2.58. The molecule has 1 aliphatic heterocycles. The van der Waals surface area contributed by atoms with Gasteiger partial charge in [0.15, 0.2) is 0 Å². The molecule has 1 aliphatic rings. The smallest absolute Gasteiger partial charge is 0.251 e. The van der Waals surface area contributed by atoms with E-state index in [1.807, 2.05) is 43.3 Å². The highest BCUT2D eigenvalue weighted by molar-refractivity contribution is 5.94. The monoisotopic (exact) mass is 311 g/mol. The number of aryl methyl sites for hydroxylation is 1. The second-order valence-electron chi connectivity index (χ2n) is 5.79. The van der Waals surface area contributed by atoms with Crippen LogP contribution in [-0.2, 0) is 6.61 Å². The number of amides is 1. The molecule has 0 bridgehead atoms. The largest absolute Gasteiger partial charge is 0.487 e. The number of nitrogens with one attached hydrogen (secondary N) is 2. The number of ether oxygens (including phenoxy) is 1. The van der Waals surface area contributed by atoms with E-state index in [1.54, 1.807) is 6.20 Å². The number of rotatable bonds is 5. The molecule has 120 valence electrons. The maximum absolute atomic E-state index is 12.3. The molecule has 5 nitrogen and oxygen atoms in total. The third kappa shape index (κ3) is 4.29. The van der Waals surface area contributed by atoms with Crippen LogP contribution in [-0.4, -0.2) is 30.0 Å². The quantitative estimate of drug-likeness (QED) is 0.887. The molecule has 1 fully saturated rings. The highest BCUT2D eigenvalue weighted by Gasteiger charge is 2.17. The van der Waals surface area contributed by atoms with Crippen LogP contribution in [0.3, 0.4) is 0 Å². The van der Waals surface area contributed by atoms with E-state index >= 15 is 0 Å². The summed E-state index contributed by atoms with van der Waals surface area (Å²) in [6.45, 7) is 4.15. The molecule has 0 spiro atoms. The van der Waals surface area contributed by atoms with Crippen molar-refractivity contribution in [2.24, 2.45) is 0 Å². The summed E-state index contributed by atoms with van der Waals surface area (Å²) in [6.07, 6.45) is 2.69. The van der Waals surface area contributed by atoms with Gasteiger partial charge in [0.05, 0.1) is 6.20 Å². The Labute approximate surface area is 136 Å². The first-order chi connectivity index (χ1) is 11.2. The van der Waals surface area contributed by atoms with Gasteiger partial charge in [-0.25, -0.2) is 0 Å². The molecule has 1 unspecified atom stereocenters. The summed E-state index contributed by atoms with van der Waals surface area (Å²) in [5.74, 6) is 0.694. The zero-order valence-corrected chi connectivity index (χ0v) is 13.2. The normalized spacial score (nSPS) is 17.0. The first-order valence-electron chi connectivity index (χ1n) is 7.87. The molecule has 2 N–H and O–H groups in total. The number of carbonyl (C=O) groups excluding carboxylic acids is 1. The highest BCUT2D eigenvalue weighted by atomic mass is 16.5. The predicted octanol–water partition coefficient (Wildman–Crippen LogP) is 2.06. The van der Waals surface area contributed by atoms with Crippen LogP contribution in [0.4, 0.5) is 0 Å². The molecule has 1 atom stereocenters. The van der Waals surface area contributed by atoms with E-state index in [1.165, 1.54) is 0 Å². The maximum Gasteiger partial charge on any atom is 0.251 e. The van der Waals surface area contributed by atoms with Crippen LogP contribution in [0.25, 0.3) is 0 Å². The van der Waals surface area contributed by atoms with Crippen molar-refractivity contribution in [3.8, 4) is 5.75 Å². The lowest BCUT2D eigenvalue weighted by Gasteiger charge is -2.12. The average molecular weight is 311 g/mol. The van der Waals surface area contributed by atoms with Crippen molar-refractivity contribution in [3.63, 3.8) is 0 Å². The first-order valence-corrected chi connectivity index (χ1v) is 7.87. The van der Waals surface area contributed by atoms with Gasteiger partial charge in [-0.15, -0.1) is 0 Å². The van der Waals surface area contributed by atoms with Gasteiger partial charge >= 0.3 is 0 Å².